The number of hydrogen-bond acceptors (Lipinski definition) is 3. The maximum Gasteiger partial charge on any atom is 0.134 e. The first-order valence-electron chi connectivity index (χ1n) is 7.41. The standard InChI is InChI=1S/C19H16BrNO2/c1-22-15-6-2-13(3-7-15)4-8-18-16(10-11-21)17-12-14(20)5-9-19(17)23-18/h2-3,5-7,9,12H,4,8,10H2,1H3. The topological polar surface area (TPSA) is 46.2 Å². The van der Waals surface area contributed by atoms with Gasteiger partial charge >= 0.3 is 0 Å². The monoisotopic (exact) mass is 369 g/mol. The van der Waals surface area contributed by atoms with E-state index in [9.17, 15) is 0 Å². The van der Waals surface area contributed by atoms with Crippen molar-refractivity contribution in [2.75, 3.05) is 7.11 Å². The minimum Gasteiger partial charge on any atom is -0.497 e. The number of hydrogen-bond donors (Lipinski definition) is 0. The fourth-order valence-electron chi connectivity index (χ4n) is 2.70. The van der Waals surface area contributed by atoms with Gasteiger partial charge in [0.25, 0.3) is 0 Å². The van der Waals surface area contributed by atoms with Gasteiger partial charge in [0, 0.05) is 21.8 Å². The highest BCUT2D eigenvalue weighted by Crippen LogP contribution is 2.30. The number of nitriles is 1. The molecule has 0 aliphatic heterocycles. The fraction of sp³-hybridized carbons (Fsp3) is 0.211. The zero-order chi connectivity index (χ0) is 16.2. The Hall–Kier alpha value is -2.25. The molecule has 0 unspecified atom stereocenters. The second-order valence-corrected chi connectivity index (χ2v) is 6.24. The van der Waals surface area contributed by atoms with Gasteiger partial charge in [0.15, 0.2) is 0 Å². The quantitative estimate of drug-likeness (QED) is 0.631. The first-order chi connectivity index (χ1) is 11.2. The van der Waals surface area contributed by atoms with E-state index in [-0.39, 0.29) is 0 Å². The molecule has 0 atom stereocenters. The molecule has 2 aromatic carbocycles. The molecule has 3 aromatic rings. The van der Waals surface area contributed by atoms with Gasteiger partial charge in [0.1, 0.15) is 17.1 Å². The largest absolute Gasteiger partial charge is 0.497 e. The van der Waals surface area contributed by atoms with E-state index in [2.05, 4.69) is 34.1 Å². The Labute approximate surface area is 143 Å². The van der Waals surface area contributed by atoms with Crippen LogP contribution in [-0.4, -0.2) is 7.11 Å². The molecule has 3 rings (SSSR count). The molecule has 0 aliphatic carbocycles. The van der Waals surface area contributed by atoms with Crippen LogP contribution < -0.4 is 4.74 Å². The van der Waals surface area contributed by atoms with E-state index in [4.69, 9.17) is 14.4 Å². The molecule has 0 saturated carbocycles. The highest BCUT2D eigenvalue weighted by molar-refractivity contribution is 9.10. The summed E-state index contributed by atoms with van der Waals surface area (Å²) >= 11 is 3.48. The SMILES string of the molecule is COc1ccc(CCc2oc3ccc(Br)cc3c2CC#N)cc1. The molecule has 3 nitrogen and oxygen atoms in total. The molecule has 0 saturated heterocycles. The smallest absolute Gasteiger partial charge is 0.134 e. The number of aryl methyl sites for hydroxylation is 2. The zero-order valence-corrected chi connectivity index (χ0v) is 14.4. The number of methoxy groups -OCH3 is 1. The van der Waals surface area contributed by atoms with Crippen molar-refractivity contribution >= 4 is 26.9 Å². The molecule has 0 fully saturated rings. The van der Waals surface area contributed by atoms with Crippen LogP contribution in [0.2, 0.25) is 0 Å². The number of fused-ring (bicyclic) bond motifs is 1. The van der Waals surface area contributed by atoms with Crippen LogP contribution >= 0.6 is 15.9 Å². The average Bonchev–Trinajstić information content (AvgIpc) is 2.91. The van der Waals surface area contributed by atoms with Gasteiger partial charge in [-0.2, -0.15) is 5.26 Å². The third-order valence-electron chi connectivity index (χ3n) is 3.89. The molecule has 0 amide bonds. The lowest BCUT2D eigenvalue weighted by molar-refractivity contribution is 0.414. The minimum absolute atomic E-state index is 0.362. The second-order valence-electron chi connectivity index (χ2n) is 5.33. The van der Waals surface area contributed by atoms with Gasteiger partial charge in [-0.1, -0.05) is 28.1 Å². The van der Waals surface area contributed by atoms with Crippen LogP contribution in [0.15, 0.2) is 51.4 Å². The van der Waals surface area contributed by atoms with E-state index in [0.29, 0.717) is 6.42 Å². The van der Waals surface area contributed by atoms with E-state index >= 15 is 0 Å². The summed E-state index contributed by atoms with van der Waals surface area (Å²) in [5.41, 5.74) is 3.05. The Morgan fingerprint density at radius 1 is 1.13 bits per heavy atom. The summed E-state index contributed by atoms with van der Waals surface area (Å²) in [6.07, 6.45) is 2.00. The van der Waals surface area contributed by atoms with Gasteiger partial charge in [-0.25, -0.2) is 0 Å². The predicted molar refractivity (Wildman–Crippen MR) is 93.6 cm³/mol. The highest BCUT2D eigenvalue weighted by Gasteiger charge is 2.14. The molecular weight excluding hydrogens is 354 g/mol. The molecule has 0 radical (unpaired) electrons. The second kappa shape index (κ2) is 6.89. The highest BCUT2D eigenvalue weighted by atomic mass is 79.9. The number of rotatable bonds is 5. The third kappa shape index (κ3) is 3.40. The van der Waals surface area contributed by atoms with E-state index in [1.54, 1.807) is 7.11 Å². The van der Waals surface area contributed by atoms with Crippen molar-refractivity contribution in [3.63, 3.8) is 0 Å². The normalized spacial score (nSPS) is 10.7. The van der Waals surface area contributed by atoms with Gasteiger partial charge in [0.2, 0.25) is 0 Å². The lowest BCUT2D eigenvalue weighted by Crippen LogP contribution is -1.94. The van der Waals surface area contributed by atoms with Crippen LogP contribution in [0.5, 0.6) is 5.75 Å². The van der Waals surface area contributed by atoms with Crippen LogP contribution in [0.25, 0.3) is 11.0 Å². The zero-order valence-electron chi connectivity index (χ0n) is 12.8. The molecule has 0 N–H and O–H groups in total. The third-order valence-corrected chi connectivity index (χ3v) is 4.39. The molecular formula is C19H16BrNO2. The summed E-state index contributed by atoms with van der Waals surface area (Å²) < 4.78 is 12.1. The van der Waals surface area contributed by atoms with Crippen molar-refractivity contribution < 1.29 is 9.15 Å². The van der Waals surface area contributed by atoms with E-state index in [1.165, 1.54) is 5.56 Å². The summed E-state index contributed by atoms with van der Waals surface area (Å²) in [6, 6.07) is 16.2. The summed E-state index contributed by atoms with van der Waals surface area (Å²) in [5.74, 6) is 1.75. The van der Waals surface area contributed by atoms with Crippen LogP contribution in [0.1, 0.15) is 16.9 Å². The Balaban J connectivity index is 1.86. The maximum absolute atomic E-state index is 9.12. The van der Waals surface area contributed by atoms with Crippen LogP contribution in [0.4, 0.5) is 0 Å². The first-order valence-corrected chi connectivity index (χ1v) is 8.20. The Morgan fingerprint density at radius 3 is 2.61 bits per heavy atom. The average molecular weight is 370 g/mol. The number of benzene rings is 2. The molecule has 1 aromatic heterocycles. The summed E-state index contributed by atoms with van der Waals surface area (Å²) in [7, 11) is 1.66. The van der Waals surface area contributed by atoms with Gasteiger partial charge in [0.05, 0.1) is 19.6 Å². The van der Waals surface area contributed by atoms with Gasteiger partial charge in [-0.15, -0.1) is 0 Å². The molecule has 0 spiro atoms. The van der Waals surface area contributed by atoms with Gasteiger partial charge in [-0.3, -0.25) is 0 Å². The summed E-state index contributed by atoms with van der Waals surface area (Å²) in [6.45, 7) is 0. The van der Waals surface area contributed by atoms with Crippen LogP contribution in [-0.2, 0) is 19.3 Å². The van der Waals surface area contributed by atoms with Crippen LogP contribution in [0, 0.1) is 11.3 Å². The number of nitrogens with zero attached hydrogens (tertiary/aromatic N) is 1. The van der Waals surface area contributed by atoms with E-state index in [0.717, 1.165) is 45.4 Å². The molecule has 0 aliphatic rings. The first kappa shape index (κ1) is 15.6. The fourth-order valence-corrected chi connectivity index (χ4v) is 3.06. The van der Waals surface area contributed by atoms with Crippen molar-refractivity contribution in [2.45, 2.75) is 19.3 Å². The van der Waals surface area contributed by atoms with E-state index in [1.807, 2.05) is 30.3 Å². The van der Waals surface area contributed by atoms with Crippen molar-refractivity contribution in [3.8, 4) is 11.8 Å². The van der Waals surface area contributed by atoms with Crippen LogP contribution in [0.3, 0.4) is 0 Å². The van der Waals surface area contributed by atoms with Crippen molar-refractivity contribution in [2.24, 2.45) is 0 Å². The number of furan rings is 1. The maximum atomic E-state index is 9.12. The molecule has 0 bridgehead atoms. The van der Waals surface area contributed by atoms with Gasteiger partial charge < -0.3 is 9.15 Å². The van der Waals surface area contributed by atoms with E-state index < -0.39 is 0 Å². The summed E-state index contributed by atoms with van der Waals surface area (Å²) in [4.78, 5) is 0. The molecule has 23 heavy (non-hydrogen) atoms. The summed E-state index contributed by atoms with van der Waals surface area (Å²) in [5, 5.41) is 10.1. The lowest BCUT2D eigenvalue weighted by Gasteiger charge is -2.03. The number of halogens is 1. The van der Waals surface area contributed by atoms with Crippen molar-refractivity contribution in [1.82, 2.24) is 0 Å². The molecule has 116 valence electrons. The molecule has 4 heteroatoms. The Bertz CT molecular complexity index is 859. The lowest BCUT2D eigenvalue weighted by atomic mass is 10.0. The van der Waals surface area contributed by atoms with Crippen molar-refractivity contribution in [3.05, 3.63) is 63.8 Å². The predicted octanol–water partition coefficient (Wildman–Crippen LogP) is 5.06. The van der Waals surface area contributed by atoms with Crippen molar-refractivity contribution in [1.29, 1.82) is 5.26 Å². The Morgan fingerprint density at radius 2 is 1.91 bits per heavy atom. The Kier molecular flexibility index (Phi) is 4.68. The van der Waals surface area contributed by atoms with Gasteiger partial charge in [-0.05, 0) is 42.3 Å². The molecule has 1 heterocycles. The minimum atomic E-state index is 0.362. The number of ether oxygens (including phenoxy) is 1.